The molecule has 3 saturated heterocycles. The fourth-order valence-corrected chi connectivity index (χ4v) is 9.25. The van der Waals surface area contributed by atoms with Crippen molar-refractivity contribution in [1.29, 1.82) is 5.26 Å². The van der Waals surface area contributed by atoms with Gasteiger partial charge in [0.05, 0.1) is 27.4 Å². The lowest BCUT2D eigenvalue weighted by molar-refractivity contribution is -0.155. The normalized spacial score (nSPS) is 23.6. The molecular formula is C35H33F8N7O2S. The molecule has 53 heavy (non-hydrogen) atoms. The lowest BCUT2D eigenvalue weighted by atomic mass is 9.92. The van der Waals surface area contributed by atoms with Crippen molar-refractivity contribution in [2.75, 3.05) is 43.9 Å². The summed E-state index contributed by atoms with van der Waals surface area (Å²) in [5.74, 6) is -7.70. The van der Waals surface area contributed by atoms with Crippen LogP contribution in [0.15, 0.2) is 18.2 Å². The molecule has 2 aromatic carbocycles. The highest BCUT2D eigenvalue weighted by molar-refractivity contribution is 7.23. The Kier molecular flexibility index (Phi) is 8.91. The van der Waals surface area contributed by atoms with Crippen LogP contribution in [0.25, 0.3) is 32.1 Å². The second-order valence-electron chi connectivity index (χ2n) is 14.0. The number of anilines is 2. The molecule has 0 radical (unpaired) electrons. The highest BCUT2D eigenvalue weighted by Crippen LogP contribution is 2.48. The van der Waals surface area contributed by atoms with Gasteiger partial charge in [0.2, 0.25) is 0 Å². The van der Waals surface area contributed by atoms with E-state index in [1.165, 1.54) is 18.9 Å². The molecule has 0 bridgehead atoms. The first-order valence-electron chi connectivity index (χ1n) is 16.8. The fraction of sp³-hybridized carbons (Fsp3) is 0.486. The molecule has 4 unspecified atom stereocenters. The Hall–Kier alpha value is -4.50. The molecule has 0 aliphatic carbocycles. The lowest BCUT2D eigenvalue weighted by Gasteiger charge is -2.33. The maximum absolute atomic E-state index is 17.1. The van der Waals surface area contributed by atoms with Gasteiger partial charge < -0.3 is 20.3 Å². The third kappa shape index (κ3) is 6.05. The highest BCUT2D eigenvalue weighted by Gasteiger charge is 2.50. The number of halogens is 8. The summed E-state index contributed by atoms with van der Waals surface area (Å²) < 4.78 is 126. The third-order valence-electron chi connectivity index (χ3n) is 10.8. The zero-order valence-corrected chi connectivity index (χ0v) is 29.4. The van der Waals surface area contributed by atoms with E-state index in [4.69, 9.17) is 10.5 Å². The number of nitrogens with zero attached hydrogens (tertiary/aromatic N) is 6. The van der Waals surface area contributed by atoms with E-state index in [9.17, 15) is 27.6 Å². The smallest absolute Gasteiger partial charge is 0.417 e. The van der Waals surface area contributed by atoms with Crippen LogP contribution < -0.4 is 15.4 Å². The number of aromatic nitrogens is 2. The van der Waals surface area contributed by atoms with E-state index in [1.807, 2.05) is 4.90 Å². The van der Waals surface area contributed by atoms with Gasteiger partial charge in [0.15, 0.2) is 5.82 Å². The van der Waals surface area contributed by atoms with Crippen LogP contribution in [-0.4, -0.2) is 88.7 Å². The number of nitrogens with two attached hydrogens (primary N) is 1. The minimum atomic E-state index is -5.21. The van der Waals surface area contributed by atoms with Crippen molar-refractivity contribution in [2.45, 2.75) is 75.4 Å². The zero-order chi connectivity index (χ0) is 38.4. The summed E-state index contributed by atoms with van der Waals surface area (Å²) >= 11 is 0.633. The molecule has 3 fully saturated rings. The Bertz CT molecular complexity index is 2180. The van der Waals surface area contributed by atoms with Crippen molar-refractivity contribution in [1.82, 2.24) is 19.8 Å². The van der Waals surface area contributed by atoms with Crippen LogP contribution in [0.5, 0.6) is 6.01 Å². The molecule has 4 aromatic rings. The maximum Gasteiger partial charge on any atom is 0.417 e. The first kappa shape index (κ1) is 36.8. The number of amides is 1. The number of alkyl halides is 6. The van der Waals surface area contributed by atoms with Crippen LogP contribution in [0.1, 0.15) is 50.7 Å². The first-order valence-corrected chi connectivity index (χ1v) is 17.6. The number of rotatable bonds is 7. The number of hydrogen-bond donors (Lipinski definition) is 1. The molecule has 2 N–H and O–H groups in total. The van der Waals surface area contributed by atoms with Gasteiger partial charge in [-0.05, 0) is 50.4 Å². The van der Waals surface area contributed by atoms with Gasteiger partial charge >= 0.3 is 18.1 Å². The van der Waals surface area contributed by atoms with Gasteiger partial charge in [0, 0.05) is 55.9 Å². The van der Waals surface area contributed by atoms with Gasteiger partial charge in [-0.25, -0.2) is 13.2 Å². The summed E-state index contributed by atoms with van der Waals surface area (Å²) in [5.41, 5.74) is 1.33. The number of likely N-dealkylation sites (tertiary alicyclic amines) is 1. The Morgan fingerprint density at radius 3 is 2.62 bits per heavy atom. The third-order valence-corrected chi connectivity index (χ3v) is 11.8. The topological polar surface area (TPSA) is 112 Å². The van der Waals surface area contributed by atoms with Crippen molar-refractivity contribution in [2.24, 2.45) is 0 Å². The van der Waals surface area contributed by atoms with Crippen LogP contribution in [0.4, 0.5) is 45.9 Å². The second-order valence-corrected chi connectivity index (χ2v) is 15.1. The first-order chi connectivity index (χ1) is 24.9. The van der Waals surface area contributed by atoms with E-state index in [0.717, 1.165) is 23.5 Å². The molecule has 7 rings (SSSR count). The van der Waals surface area contributed by atoms with Crippen molar-refractivity contribution < 1.29 is 44.7 Å². The standard InChI is InChI=1S/C35H33F8N7O2S/c1-16-23(7-10-50(16)31(51)33(2,39)40)48(3)30-19-11-21(35(41,42)43)25(18-5-6-22(37)28-24(18)20(13-44)29(45)53-28)26(38)27(19)46-32(47-30)52-15-34-8-4-9-49(34)14-17(36)12-34/h5-6,11,16-17,23H,4,7-10,12,14-15,45H2,1-3H3. The molecule has 5 heterocycles. The van der Waals surface area contributed by atoms with Crippen molar-refractivity contribution in [3.05, 3.63) is 41.0 Å². The monoisotopic (exact) mass is 767 g/mol. The van der Waals surface area contributed by atoms with Crippen LogP contribution in [-0.2, 0) is 11.0 Å². The molecule has 3 aliphatic rings. The average molecular weight is 768 g/mol. The number of nitrogen functional groups attached to an aromatic ring is 1. The second kappa shape index (κ2) is 12.8. The van der Waals surface area contributed by atoms with Gasteiger partial charge in [-0.2, -0.15) is 37.2 Å². The largest absolute Gasteiger partial charge is 0.461 e. The molecule has 9 nitrogen and oxygen atoms in total. The van der Waals surface area contributed by atoms with Gasteiger partial charge in [0.1, 0.15) is 41.0 Å². The van der Waals surface area contributed by atoms with E-state index >= 15 is 17.6 Å². The molecule has 2 aromatic heterocycles. The number of likely N-dealkylation sites (N-methyl/N-ethyl adjacent to an activating group) is 1. The summed E-state index contributed by atoms with van der Waals surface area (Å²) in [6.07, 6.45) is -4.67. The molecule has 4 atom stereocenters. The Morgan fingerprint density at radius 2 is 1.94 bits per heavy atom. The number of ether oxygens (including phenoxy) is 1. The maximum atomic E-state index is 17.1. The molecule has 1 amide bonds. The molecule has 0 saturated carbocycles. The number of benzene rings is 2. The number of thiophene rings is 1. The van der Waals surface area contributed by atoms with Crippen LogP contribution in [0.2, 0.25) is 0 Å². The van der Waals surface area contributed by atoms with E-state index in [0.29, 0.717) is 37.3 Å². The van der Waals surface area contributed by atoms with Crippen molar-refractivity contribution >= 4 is 49.1 Å². The highest BCUT2D eigenvalue weighted by atomic mass is 32.1. The Labute approximate surface area is 301 Å². The number of fused-ring (bicyclic) bond motifs is 3. The number of carbonyl (C=O) groups is 1. The van der Waals surface area contributed by atoms with Crippen LogP contribution in [0, 0.1) is 23.0 Å². The SMILES string of the molecule is CC1C(N(C)c2nc(OCC34CCCN3CC(F)C4)nc3c(F)c(-c4ccc(F)c5sc(N)c(C#N)c45)c(C(F)(F)F)cc23)CCN1C(=O)C(C)(F)F. The summed E-state index contributed by atoms with van der Waals surface area (Å²) in [6.45, 7) is 2.61. The van der Waals surface area contributed by atoms with Gasteiger partial charge in [-0.1, -0.05) is 6.07 Å². The molecule has 282 valence electrons. The molecule has 3 aliphatic heterocycles. The minimum Gasteiger partial charge on any atom is -0.461 e. The Balaban J connectivity index is 1.43. The van der Waals surface area contributed by atoms with E-state index < -0.39 is 87.0 Å². The Morgan fingerprint density at radius 1 is 1.21 bits per heavy atom. The summed E-state index contributed by atoms with van der Waals surface area (Å²) in [4.78, 5) is 25.6. The van der Waals surface area contributed by atoms with Crippen molar-refractivity contribution in [3.63, 3.8) is 0 Å². The summed E-state index contributed by atoms with van der Waals surface area (Å²) in [7, 11) is 1.43. The van der Waals surface area contributed by atoms with E-state index in [2.05, 4.69) is 9.97 Å². The van der Waals surface area contributed by atoms with Crippen LogP contribution >= 0.6 is 11.3 Å². The van der Waals surface area contributed by atoms with Crippen molar-refractivity contribution in [3.8, 4) is 23.2 Å². The van der Waals surface area contributed by atoms with Gasteiger partial charge in [-0.3, -0.25) is 9.69 Å². The summed E-state index contributed by atoms with van der Waals surface area (Å²) in [5, 5.41) is 8.93. The van der Waals surface area contributed by atoms with E-state index in [1.54, 1.807) is 6.07 Å². The van der Waals surface area contributed by atoms with Gasteiger partial charge in [-0.15, -0.1) is 11.3 Å². The summed E-state index contributed by atoms with van der Waals surface area (Å²) in [6, 6.07) is 2.14. The fourth-order valence-electron chi connectivity index (χ4n) is 8.30. The molecular weight excluding hydrogens is 734 g/mol. The minimum absolute atomic E-state index is 0.0918. The number of nitriles is 1. The lowest BCUT2D eigenvalue weighted by Crippen LogP contribution is -2.48. The molecule has 18 heteroatoms. The predicted molar refractivity (Wildman–Crippen MR) is 182 cm³/mol. The number of carbonyl (C=O) groups excluding carboxylic acids is 1. The predicted octanol–water partition coefficient (Wildman–Crippen LogP) is 7.30. The van der Waals surface area contributed by atoms with E-state index in [-0.39, 0.29) is 59.0 Å². The van der Waals surface area contributed by atoms with Crippen LogP contribution in [0.3, 0.4) is 0 Å². The number of hydrogen-bond acceptors (Lipinski definition) is 9. The average Bonchev–Trinajstić information content (AvgIpc) is 3.83. The van der Waals surface area contributed by atoms with Gasteiger partial charge in [0.25, 0.3) is 5.91 Å². The zero-order valence-electron chi connectivity index (χ0n) is 28.6. The quantitative estimate of drug-likeness (QED) is 0.195. The molecule has 0 spiro atoms.